The minimum Gasteiger partial charge on any atom is -0.492 e. The van der Waals surface area contributed by atoms with Crippen LogP contribution < -0.4 is 15.4 Å². The molecule has 1 amide bonds. The average Bonchev–Trinajstić information content (AvgIpc) is 2.92. The molecule has 1 fully saturated rings. The van der Waals surface area contributed by atoms with Gasteiger partial charge in [-0.1, -0.05) is 18.2 Å². The number of carbonyl (C=O) groups excluding carboxylic acids is 1. The number of carbonyl (C=O) groups is 1. The van der Waals surface area contributed by atoms with Crippen molar-refractivity contribution in [3.8, 4) is 5.75 Å². The molecule has 0 aliphatic carbocycles. The van der Waals surface area contributed by atoms with Gasteiger partial charge in [-0.2, -0.15) is 0 Å². The Hall–Kier alpha value is -1.55. The van der Waals surface area contributed by atoms with Crippen molar-refractivity contribution in [3.05, 3.63) is 29.8 Å². The minimum absolute atomic E-state index is 0.0960. The summed E-state index contributed by atoms with van der Waals surface area (Å²) in [5.74, 6) is 1.51. The van der Waals surface area contributed by atoms with Gasteiger partial charge in [0.05, 0.1) is 0 Å². The molecule has 0 radical (unpaired) electrons. The van der Waals surface area contributed by atoms with E-state index < -0.39 is 0 Å². The van der Waals surface area contributed by atoms with Gasteiger partial charge in [0, 0.05) is 12.1 Å². The van der Waals surface area contributed by atoms with Crippen LogP contribution in [-0.2, 0) is 4.79 Å². The van der Waals surface area contributed by atoms with E-state index in [0.717, 1.165) is 37.4 Å². The molecule has 4 heteroatoms. The van der Waals surface area contributed by atoms with E-state index >= 15 is 0 Å². The van der Waals surface area contributed by atoms with Gasteiger partial charge in [0.2, 0.25) is 5.91 Å². The van der Waals surface area contributed by atoms with Crippen molar-refractivity contribution in [2.75, 3.05) is 26.2 Å². The van der Waals surface area contributed by atoms with Gasteiger partial charge in [0.1, 0.15) is 18.3 Å². The molecule has 0 bridgehead atoms. The first-order chi connectivity index (χ1) is 9.84. The number of hydrogen-bond acceptors (Lipinski definition) is 3. The van der Waals surface area contributed by atoms with Crippen LogP contribution >= 0.6 is 0 Å². The number of para-hydroxylation sites is 1. The van der Waals surface area contributed by atoms with E-state index in [-0.39, 0.29) is 11.8 Å². The number of hydrogen-bond donors (Lipinski definition) is 2. The number of nitrogens with one attached hydrogen (secondary N) is 2. The van der Waals surface area contributed by atoms with Gasteiger partial charge in [-0.15, -0.1) is 0 Å². The Morgan fingerprint density at radius 1 is 1.40 bits per heavy atom. The molecule has 2 aliphatic rings. The van der Waals surface area contributed by atoms with Crippen LogP contribution in [0, 0.1) is 5.92 Å². The molecular formula is C16H22N2O2. The predicted molar refractivity (Wildman–Crippen MR) is 77.9 cm³/mol. The van der Waals surface area contributed by atoms with Crippen LogP contribution in [0.3, 0.4) is 0 Å². The third-order valence-corrected chi connectivity index (χ3v) is 4.27. The molecule has 2 unspecified atom stereocenters. The van der Waals surface area contributed by atoms with Crippen molar-refractivity contribution in [1.82, 2.24) is 10.6 Å². The second-order valence-corrected chi connectivity index (χ2v) is 5.69. The van der Waals surface area contributed by atoms with Crippen LogP contribution in [0.5, 0.6) is 5.75 Å². The highest BCUT2D eigenvalue weighted by Crippen LogP contribution is 2.33. The highest BCUT2D eigenvalue weighted by molar-refractivity contribution is 5.85. The second-order valence-electron chi connectivity index (χ2n) is 5.69. The molecule has 2 atom stereocenters. The van der Waals surface area contributed by atoms with Crippen LogP contribution in [0.15, 0.2) is 24.3 Å². The summed E-state index contributed by atoms with van der Waals surface area (Å²) in [4.78, 5) is 12.2. The number of benzene rings is 1. The lowest BCUT2D eigenvalue weighted by Crippen LogP contribution is -2.35. The molecule has 0 saturated carbocycles. The van der Waals surface area contributed by atoms with Gasteiger partial charge >= 0.3 is 0 Å². The number of ether oxygens (including phenoxy) is 1. The predicted octanol–water partition coefficient (Wildman–Crippen LogP) is 1.67. The highest BCUT2D eigenvalue weighted by atomic mass is 16.5. The molecule has 2 N–H and O–H groups in total. The molecule has 108 valence electrons. The van der Waals surface area contributed by atoms with E-state index in [1.807, 2.05) is 24.3 Å². The number of piperidine rings is 1. The van der Waals surface area contributed by atoms with Crippen molar-refractivity contribution in [2.24, 2.45) is 5.92 Å². The molecule has 4 nitrogen and oxygen atoms in total. The smallest absolute Gasteiger partial charge is 0.231 e. The minimum atomic E-state index is -0.143. The number of fused-ring (bicyclic) bond motifs is 1. The Morgan fingerprint density at radius 2 is 2.30 bits per heavy atom. The van der Waals surface area contributed by atoms with E-state index in [4.69, 9.17) is 4.74 Å². The lowest BCUT2D eigenvalue weighted by Gasteiger charge is -2.22. The Bertz CT molecular complexity index is 469. The maximum absolute atomic E-state index is 12.2. The van der Waals surface area contributed by atoms with Gasteiger partial charge in [0.25, 0.3) is 0 Å². The summed E-state index contributed by atoms with van der Waals surface area (Å²) < 4.78 is 5.56. The lowest BCUT2D eigenvalue weighted by atomic mass is 9.96. The number of rotatable bonds is 4. The van der Waals surface area contributed by atoms with Gasteiger partial charge in [-0.05, 0) is 44.3 Å². The van der Waals surface area contributed by atoms with Crippen molar-refractivity contribution in [3.63, 3.8) is 0 Å². The third-order valence-electron chi connectivity index (χ3n) is 4.27. The second kappa shape index (κ2) is 6.27. The largest absolute Gasteiger partial charge is 0.492 e. The van der Waals surface area contributed by atoms with Gasteiger partial charge in [-0.3, -0.25) is 4.79 Å². The zero-order chi connectivity index (χ0) is 13.8. The van der Waals surface area contributed by atoms with Crippen LogP contribution in [0.4, 0.5) is 0 Å². The summed E-state index contributed by atoms with van der Waals surface area (Å²) in [6.45, 7) is 3.46. The SMILES string of the molecule is O=C(NCCC1CCCNC1)C1COc2ccccc21. The molecule has 2 heterocycles. The molecule has 0 spiro atoms. The van der Waals surface area contributed by atoms with E-state index in [1.165, 1.54) is 12.8 Å². The van der Waals surface area contributed by atoms with E-state index in [2.05, 4.69) is 10.6 Å². The van der Waals surface area contributed by atoms with Crippen molar-refractivity contribution < 1.29 is 9.53 Å². The molecule has 1 aromatic carbocycles. The normalized spacial score (nSPS) is 24.8. The van der Waals surface area contributed by atoms with Crippen molar-refractivity contribution in [1.29, 1.82) is 0 Å². The topological polar surface area (TPSA) is 50.4 Å². The standard InChI is InChI=1S/C16H22N2O2/c19-16(18-9-7-12-4-3-8-17-10-12)14-11-20-15-6-2-1-5-13(14)15/h1-2,5-6,12,14,17H,3-4,7-11H2,(H,18,19). The first kappa shape index (κ1) is 13.4. The van der Waals surface area contributed by atoms with E-state index in [9.17, 15) is 4.79 Å². The summed E-state index contributed by atoms with van der Waals surface area (Å²) in [6, 6.07) is 7.81. The molecule has 1 saturated heterocycles. The highest BCUT2D eigenvalue weighted by Gasteiger charge is 2.29. The maximum atomic E-state index is 12.2. The van der Waals surface area contributed by atoms with Crippen molar-refractivity contribution >= 4 is 5.91 Å². The molecule has 0 aromatic heterocycles. The quantitative estimate of drug-likeness (QED) is 0.878. The van der Waals surface area contributed by atoms with Gasteiger partial charge in [-0.25, -0.2) is 0 Å². The Balaban J connectivity index is 1.48. The van der Waals surface area contributed by atoms with Crippen LogP contribution in [0.25, 0.3) is 0 Å². The molecule has 1 aromatic rings. The summed E-state index contributed by atoms with van der Waals surface area (Å²) in [6.07, 6.45) is 3.59. The van der Waals surface area contributed by atoms with Crippen LogP contribution in [0.1, 0.15) is 30.7 Å². The molecule has 20 heavy (non-hydrogen) atoms. The Kier molecular flexibility index (Phi) is 4.21. The van der Waals surface area contributed by atoms with Gasteiger partial charge < -0.3 is 15.4 Å². The molecule has 2 aliphatic heterocycles. The fraction of sp³-hybridized carbons (Fsp3) is 0.562. The summed E-state index contributed by atoms with van der Waals surface area (Å²) >= 11 is 0. The van der Waals surface area contributed by atoms with E-state index in [0.29, 0.717) is 12.5 Å². The summed E-state index contributed by atoms with van der Waals surface area (Å²) in [5.41, 5.74) is 1.02. The molecular weight excluding hydrogens is 252 g/mol. The number of amides is 1. The first-order valence-corrected chi connectivity index (χ1v) is 7.55. The monoisotopic (exact) mass is 274 g/mol. The summed E-state index contributed by atoms with van der Waals surface area (Å²) in [7, 11) is 0. The van der Waals surface area contributed by atoms with E-state index in [1.54, 1.807) is 0 Å². The fourth-order valence-corrected chi connectivity index (χ4v) is 3.07. The zero-order valence-corrected chi connectivity index (χ0v) is 11.7. The van der Waals surface area contributed by atoms with Crippen LogP contribution in [0.2, 0.25) is 0 Å². The Morgan fingerprint density at radius 3 is 3.15 bits per heavy atom. The first-order valence-electron chi connectivity index (χ1n) is 7.55. The van der Waals surface area contributed by atoms with Crippen LogP contribution in [-0.4, -0.2) is 32.1 Å². The maximum Gasteiger partial charge on any atom is 0.231 e. The lowest BCUT2D eigenvalue weighted by molar-refractivity contribution is -0.122. The Labute approximate surface area is 119 Å². The zero-order valence-electron chi connectivity index (χ0n) is 11.7. The van der Waals surface area contributed by atoms with Gasteiger partial charge in [0.15, 0.2) is 0 Å². The summed E-state index contributed by atoms with van der Waals surface area (Å²) in [5, 5.41) is 6.47. The average molecular weight is 274 g/mol. The fourth-order valence-electron chi connectivity index (χ4n) is 3.07. The van der Waals surface area contributed by atoms with Crippen molar-refractivity contribution in [2.45, 2.75) is 25.2 Å². The third kappa shape index (κ3) is 2.96. The molecule has 3 rings (SSSR count).